The molecule has 0 rings (SSSR count). The Morgan fingerprint density at radius 3 is 2.21 bits per heavy atom. The van der Waals surface area contributed by atoms with E-state index in [1.807, 2.05) is 6.92 Å². The Bertz CT molecular complexity index is 199. The maximum absolute atomic E-state index is 6.02. The van der Waals surface area contributed by atoms with Crippen LogP contribution in [0.4, 0.5) is 0 Å². The molecule has 14 heavy (non-hydrogen) atoms. The molecule has 1 atom stereocenters. The highest BCUT2D eigenvalue weighted by atomic mass is 28.4. The van der Waals surface area contributed by atoms with Crippen LogP contribution in [-0.4, -0.2) is 13.9 Å². The predicted octanol–water partition coefficient (Wildman–Crippen LogP) is 3.81. The molecule has 0 saturated carbocycles. The third-order valence-corrected chi connectivity index (χ3v) is 3.16. The quantitative estimate of drug-likeness (QED) is 0.369. The number of unbranched alkanes of at least 4 members (excludes halogenated alkanes) is 2. The van der Waals surface area contributed by atoms with Gasteiger partial charge in [-0.25, -0.2) is 0 Å². The standard InChI is InChI=1S/C12H24OSi/c1-7-9-10-11-12(3,8-2)13-14(4,5)6/h2H,7,9-11H2,1,3-6H3. The molecular formula is C12H24OSi. The van der Waals surface area contributed by atoms with E-state index >= 15 is 0 Å². The first-order valence-electron chi connectivity index (χ1n) is 5.51. The molecule has 2 heteroatoms. The molecule has 0 aromatic heterocycles. The molecule has 0 aliphatic heterocycles. The van der Waals surface area contributed by atoms with E-state index in [0.29, 0.717) is 0 Å². The average molecular weight is 212 g/mol. The highest BCUT2D eigenvalue weighted by molar-refractivity contribution is 6.69. The third kappa shape index (κ3) is 6.23. The van der Waals surface area contributed by atoms with Gasteiger partial charge in [-0.15, -0.1) is 6.42 Å². The molecule has 0 N–H and O–H groups in total. The smallest absolute Gasteiger partial charge is 0.185 e. The molecule has 1 nitrogen and oxygen atoms in total. The minimum Gasteiger partial charge on any atom is -0.402 e. The first-order chi connectivity index (χ1) is 6.33. The van der Waals surface area contributed by atoms with Crippen molar-refractivity contribution in [2.45, 2.75) is 64.8 Å². The van der Waals surface area contributed by atoms with Gasteiger partial charge in [0, 0.05) is 0 Å². The Hall–Kier alpha value is -0.263. The summed E-state index contributed by atoms with van der Waals surface area (Å²) in [6, 6.07) is 0. The van der Waals surface area contributed by atoms with Crippen LogP contribution >= 0.6 is 0 Å². The summed E-state index contributed by atoms with van der Waals surface area (Å²) in [4.78, 5) is 0. The van der Waals surface area contributed by atoms with Crippen molar-refractivity contribution in [2.75, 3.05) is 0 Å². The fraction of sp³-hybridized carbons (Fsp3) is 0.833. The molecule has 1 unspecified atom stereocenters. The molecule has 0 fully saturated rings. The van der Waals surface area contributed by atoms with Crippen LogP contribution in [0, 0.1) is 12.3 Å². The van der Waals surface area contributed by atoms with Gasteiger partial charge < -0.3 is 4.43 Å². The summed E-state index contributed by atoms with van der Waals surface area (Å²) < 4.78 is 6.02. The highest BCUT2D eigenvalue weighted by Gasteiger charge is 2.28. The minimum atomic E-state index is -1.52. The van der Waals surface area contributed by atoms with Gasteiger partial charge in [0.1, 0.15) is 5.60 Å². The van der Waals surface area contributed by atoms with Gasteiger partial charge >= 0.3 is 0 Å². The largest absolute Gasteiger partial charge is 0.402 e. The second-order valence-electron chi connectivity index (χ2n) is 5.05. The average Bonchev–Trinajstić information content (AvgIpc) is 2.02. The van der Waals surface area contributed by atoms with Crippen LogP contribution in [0.2, 0.25) is 19.6 Å². The predicted molar refractivity (Wildman–Crippen MR) is 65.8 cm³/mol. The van der Waals surface area contributed by atoms with Crippen molar-refractivity contribution >= 4 is 8.32 Å². The van der Waals surface area contributed by atoms with Gasteiger partial charge in [-0.05, 0) is 39.4 Å². The van der Waals surface area contributed by atoms with Crippen molar-refractivity contribution in [1.29, 1.82) is 0 Å². The van der Waals surface area contributed by atoms with Gasteiger partial charge in [-0.1, -0.05) is 25.7 Å². The van der Waals surface area contributed by atoms with E-state index < -0.39 is 8.32 Å². The Labute approximate surface area is 90.4 Å². The van der Waals surface area contributed by atoms with Crippen molar-refractivity contribution in [2.24, 2.45) is 0 Å². The van der Waals surface area contributed by atoms with Crippen molar-refractivity contribution in [1.82, 2.24) is 0 Å². The van der Waals surface area contributed by atoms with E-state index in [9.17, 15) is 0 Å². The van der Waals surface area contributed by atoms with Crippen LogP contribution in [0.1, 0.15) is 39.5 Å². The van der Waals surface area contributed by atoms with Crippen molar-refractivity contribution in [3.63, 3.8) is 0 Å². The zero-order valence-corrected chi connectivity index (χ0v) is 11.3. The number of hydrogen-bond donors (Lipinski definition) is 0. The van der Waals surface area contributed by atoms with Crippen molar-refractivity contribution in [3.8, 4) is 12.3 Å². The molecular weight excluding hydrogens is 188 g/mol. The summed E-state index contributed by atoms with van der Waals surface area (Å²) in [5.74, 6) is 2.81. The molecule has 0 amide bonds. The zero-order valence-electron chi connectivity index (χ0n) is 10.3. The SMILES string of the molecule is C#CC(C)(CCCCC)O[Si](C)(C)C. The Balaban J connectivity index is 4.14. The Morgan fingerprint density at radius 1 is 1.29 bits per heavy atom. The van der Waals surface area contributed by atoms with Crippen LogP contribution in [-0.2, 0) is 4.43 Å². The van der Waals surface area contributed by atoms with E-state index in [0.717, 1.165) is 6.42 Å². The molecule has 0 aromatic carbocycles. The van der Waals surface area contributed by atoms with Gasteiger partial charge in [-0.2, -0.15) is 0 Å². The van der Waals surface area contributed by atoms with Crippen LogP contribution in [0.5, 0.6) is 0 Å². The van der Waals surface area contributed by atoms with Crippen molar-refractivity contribution < 1.29 is 4.43 Å². The van der Waals surface area contributed by atoms with E-state index in [-0.39, 0.29) is 5.60 Å². The maximum atomic E-state index is 6.02. The fourth-order valence-corrected chi connectivity index (χ4v) is 3.05. The first-order valence-corrected chi connectivity index (χ1v) is 8.92. The summed E-state index contributed by atoms with van der Waals surface area (Å²) in [5.41, 5.74) is -0.334. The lowest BCUT2D eigenvalue weighted by atomic mass is 10.00. The Kier molecular flexibility index (Phi) is 5.47. The van der Waals surface area contributed by atoms with Crippen molar-refractivity contribution in [3.05, 3.63) is 0 Å². The lowest BCUT2D eigenvalue weighted by molar-refractivity contribution is 0.129. The molecule has 0 radical (unpaired) electrons. The van der Waals surface area contributed by atoms with Gasteiger partial charge in [0.2, 0.25) is 0 Å². The molecule has 0 spiro atoms. The number of terminal acetylenes is 1. The third-order valence-electron chi connectivity index (χ3n) is 2.09. The lowest BCUT2D eigenvalue weighted by Crippen LogP contribution is -2.39. The summed E-state index contributed by atoms with van der Waals surface area (Å²) in [7, 11) is -1.52. The molecule has 0 aliphatic carbocycles. The second kappa shape index (κ2) is 5.58. The Morgan fingerprint density at radius 2 is 1.86 bits per heavy atom. The zero-order chi connectivity index (χ0) is 11.2. The van der Waals surface area contributed by atoms with Gasteiger partial charge in [-0.3, -0.25) is 0 Å². The van der Waals surface area contributed by atoms with E-state index in [2.05, 4.69) is 32.5 Å². The topological polar surface area (TPSA) is 9.23 Å². The summed E-state index contributed by atoms with van der Waals surface area (Å²) in [5, 5.41) is 0. The summed E-state index contributed by atoms with van der Waals surface area (Å²) >= 11 is 0. The normalized spacial score (nSPS) is 16.0. The molecule has 0 bridgehead atoms. The highest BCUT2D eigenvalue weighted by Crippen LogP contribution is 2.23. The lowest BCUT2D eigenvalue weighted by Gasteiger charge is -2.32. The summed E-state index contributed by atoms with van der Waals surface area (Å²) in [6.45, 7) is 10.8. The van der Waals surface area contributed by atoms with E-state index in [4.69, 9.17) is 10.8 Å². The monoisotopic (exact) mass is 212 g/mol. The molecule has 0 heterocycles. The number of rotatable bonds is 6. The second-order valence-corrected chi connectivity index (χ2v) is 9.48. The molecule has 0 saturated heterocycles. The first kappa shape index (κ1) is 13.7. The van der Waals surface area contributed by atoms with E-state index in [1.54, 1.807) is 0 Å². The fourth-order valence-electron chi connectivity index (χ4n) is 1.54. The maximum Gasteiger partial charge on any atom is 0.185 e. The van der Waals surface area contributed by atoms with Gasteiger partial charge in [0.15, 0.2) is 8.32 Å². The summed E-state index contributed by atoms with van der Waals surface area (Å²) in [6.07, 6.45) is 10.2. The molecule has 0 aromatic rings. The van der Waals surface area contributed by atoms with Crippen LogP contribution in [0.15, 0.2) is 0 Å². The van der Waals surface area contributed by atoms with E-state index in [1.165, 1.54) is 19.3 Å². The minimum absolute atomic E-state index is 0.334. The van der Waals surface area contributed by atoms with Crippen LogP contribution in [0.25, 0.3) is 0 Å². The van der Waals surface area contributed by atoms with Crippen LogP contribution in [0.3, 0.4) is 0 Å². The molecule has 0 aliphatic rings. The molecule has 82 valence electrons. The van der Waals surface area contributed by atoms with Crippen LogP contribution < -0.4 is 0 Å². The van der Waals surface area contributed by atoms with Gasteiger partial charge in [0.25, 0.3) is 0 Å². The van der Waals surface area contributed by atoms with Gasteiger partial charge in [0.05, 0.1) is 0 Å². The number of hydrogen-bond acceptors (Lipinski definition) is 1.